The van der Waals surface area contributed by atoms with Crippen molar-refractivity contribution >= 4 is 17.7 Å². The Labute approximate surface area is 218 Å². The molecule has 4 aliphatic rings. The molecule has 0 bridgehead atoms. The Morgan fingerprint density at radius 1 is 1.00 bits per heavy atom. The van der Waals surface area contributed by atoms with Gasteiger partial charge < -0.3 is 24.5 Å². The molecule has 1 unspecified atom stereocenters. The fraction of sp³-hybridized carbons (Fsp3) is 0.552. The minimum atomic E-state index is -1.27. The number of benzene rings is 1. The summed E-state index contributed by atoms with van der Waals surface area (Å²) in [6, 6.07) is 8.19. The highest BCUT2D eigenvalue weighted by Crippen LogP contribution is 2.54. The number of nitrogens with zero attached hydrogens (tertiary/aromatic N) is 3. The number of hydrogen-bond donors (Lipinski definition) is 1. The smallest absolute Gasteiger partial charge is 0.249 e. The Morgan fingerprint density at radius 2 is 1.73 bits per heavy atom. The quantitative estimate of drug-likeness (QED) is 0.595. The van der Waals surface area contributed by atoms with Gasteiger partial charge in [0.2, 0.25) is 17.7 Å². The van der Waals surface area contributed by atoms with Crippen LogP contribution in [0.2, 0.25) is 0 Å². The van der Waals surface area contributed by atoms with Gasteiger partial charge in [-0.05, 0) is 25.3 Å². The van der Waals surface area contributed by atoms with Crippen LogP contribution in [0.5, 0.6) is 0 Å². The van der Waals surface area contributed by atoms with E-state index in [1.54, 1.807) is 14.7 Å². The van der Waals surface area contributed by atoms with E-state index in [-0.39, 0.29) is 36.3 Å². The molecule has 8 nitrogen and oxygen atoms in total. The second kappa shape index (κ2) is 9.72. The molecular weight excluding hydrogens is 470 g/mol. The highest BCUT2D eigenvalue weighted by molar-refractivity contribution is 6.00. The van der Waals surface area contributed by atoms with Gasteiger partial charge in [-0.2, -0.15) is 0 Å². The van der Waals surface area contributed by atoms with Gasteiger partial charge in [-0.1, -0.05) is 68.5 Å². The lowest BCUT2D eigenvalue weighted by Gasteiger charge is -2.40. The third-order valence-corrected chi connectivity index (χ3v) is 8.36. The van der Waals surface area contributed by atoms with Crippen LogP contribution in [0.3, 0.4) is 0 Å². The normalized spacial score (nSPS) is 32.1. The van der Waals surface area contributed by atoms with E-state index < -0.39 is 35.6 Å². The van der Waals surface area contributed by atoms with Gasteiger partial charge in [-0.15, -0.1) is 0 Å². The van der Waals surface area contributed by atoms with Crippen molar-refractivity contribution in [3.63, 3.8) is 0 Å². The van der Waals surface area contributed by atoms with Crippen LogP contribution >= 0.6 is 0 Å². The third kappa shape index (κ3) is 4.01. The van der Waals surface area contributed by atoms with E-state index in [2.05, 4.69) is 0 Å². The molecule has 0 aromatic heterocycles. The standard InChI is InChI=1S/C29H37N3O5/c1-18(2)21(17-33)32-25-28(36)31(19(3)4)15-9-13-29(25)24(27(32)35)23-22(37-29)12-8-14-30(26(23)34)16-20-10-6-5-7-11-20/h5-13,18-19,21-25,33H,14-17H2,1-4H3/t21-,22+,23-,24-,25?,29-/m0/s1. The number of aliphatic hydroxyl groups is 1. The van der Waals surface area contributed by atoms with Gasteiger partial charge in [-0.25, -0.2) is 0 Å². The number of rotatable bonds is 6. The van der Waals surface area contributed by atoms with Crippen molar-refractivity contribution in [3.05, 3.63) is 60.2 Å². The van der Waals surface area contributed by atoms with E-state index in [0.29, 0.717) is 19.6 Å². The van der Waals surface area contributed by atoms with E-state index in [0.717, 1.165) is 5.56 Å². The van der Waals surface area contributed by atoms with Crippen molar-refractivity contribution in [1.29, 1.82) is 0 Å². The van der Waals surface area contributed by atoms with Gasteiger partial charge in [0.25, 0.3) is 0 Å². The third-order valence-electron chi connectivity index (χ3n) is 8.36. The van der Waals surface area contributed by atoms with E-state index in [1.165, 1.54) is 0 Å². The second-order valence-electron chi connectivity index (χ2n) is 11.2. The van der Waals surface area contributed by atoms with Gasteiger partial charge in [0.1, 0.15) is 11.6 Å². The van der Waals surface area contributed by atoms with Gasteiger partial charge in [-0.3, -0.25) is 14.4 Å². The molecule has 0 aliphatic carbocycles. The highest BCUT2D eigenvalue weighted by Gasteiger charge is 2.72. The molecule has 4 heterocycles. The average Bonchev–Trinajstić information content (AvgIpc) is 3.18. The lowest BCUT2D eigenvalue weighted by atomic mass is 9.77. The molecule has 6 atom stereocenters. The average molecular weight is 508 g/mol. The predicted molar refractivity (Wildman–Crippen MR) is 138 cm³/mol. The molecule has 37 heavy (non-hydrogen) atoms. The van der Waals surface area contributed by atoms with Crippen LogP contribution in [0.4, 0.5) is 0 Å². The Balaban J connectivity index is 1.59. The summed E-state index contributed by atoms with van der Waals surface area (Å²) in [6.45, 7) is 8.72. The maximum atomic E-state index is 14.3. The van der Waals surface area contributed by atoms with Crippen molar-refractivity contribution in [2.45, 2.75) is 64.1 Å². The molecule has 1 aromatic carbocycles. The zero-order valence-corrected chi connectivity index (χ0v) is 22.0. The zero-order chi connectivity index (χ0) is 26.5. The minimum absolute atomic E-state index is 0.0790. The SMILES string of the molecule is CC(C)[C@H](CO)N1C(=O)[C@@H]2[C@H]3C(=O)N(Cc4ccccc4)CC=C[C@H]3O[C@@]23C=CCN(C(C)C)C(=O)C13. The fourth-order valence-electron chi connectivity index (χ4n) is 6.53. The molecule has 4 aliphatic heterocycles. The predicted octanol–water partition coefficient (Wildman–Crippen LogP) is 1.99. The number of hydrogen-bond acceptors (Lipinski definition) is 5. The van der Waals surface area contributed by atoms with E-state index >= 15 is 0 Å². The lowest BCUT2D eigenvalue weighted by Crippen LogP contribution is -2.59. The van der Waals surface area contributed by atoms with Crippen molar-refractivity contribution < 1.29 is 24.2 Å². The largest absolute Gasteiger partial charge is 0.394 e. The van der Waals surface area contributed by atoms with Gasteiger partial charge in [0.15, 0.2) is 0 Å². The van der Waals surface area contributed by atoms with Crippen LogP contribution in [-0.2, 0) is 25.7 Å². The summed E-state index contributed by atoms with van der Waals surface area (Å²) in [7, 11) is 0. The Bertz CT molecular complexity index is 1120. The van der Waals surface area contributed by atoms with Crippen molar-refractivity contribution in [1.82, 2.24) is 14.7 Å². The molecule has 1 N–H and O–H groups in total. The summed E-state index contributed by atoms with van der Waals surface area (Å²) in [4.78, 5) is 47.5. The molecular formula is C29H37N3O5. The molecule has 3 amide bonds. The van der Waals surface area contributed by atoms with E-state index in [9.17, 15) is 19.5 Å². The van der Waals surface area contributed by atoms with Crippen LogP contribution in [0, 0.1) is 17.8 Å². The number of carbonyl (C=O) groups is 3. The summed E-state index contributed by atoms with van der Waals surface area (Å²) in [5.41, 5.74) is -0.267. The Kier molecular flexibility index (Phi) is 6.75. The van der Waals surface area contributed by atoms with Crippen LogP contribution in [0.25, 0.3) is 0 Å². The van der Waals surface area contributed by atoms with Crippen LogP contribution in [0.15, 0.2) is 54.6 Å². The topological polar surface area (TPSA) is 90.4 Å². The fourth-order valence-corrected chi connectivity index (χ4v) is 6.53. The zero-order valence-electron chi connectivity index (χ0n) is 22.0. The summed E-state index contributed by atoms with van der Waals surface area (Å²) < 4.78 is 6.67. The first-order valence-electron chi connectivity index (χ1n) is 13.3. The summed E-state index contributed by atoms with van der Waals surface area (Å²) in [6.07, 6.45) is 6.94. The molecule has 1 aromatic rings. The Hall–Kier alpha value is -2.97. The first-order valence-corrected chi connectivity index (χ1v) is 13.3. The molecule has 2 saturated heterocycles. The lowest BCUT2D eigenvalue weighted by molar-refractivity contribution is -0.153. The van der Waals surface area contributed by atoms with E-state index in [4.69, 9.17) is 4.74 Å². The first kappa shape index (κ1) is 25.7. The summed E-state index contributed by atoms with van der Waals surface area (Å²) in [5.74, 6) is -2.34. The second-order valence-corrected chi connectivity index (χ2v) is 11.2. The van der Waals surface area contributed by atoms with Crippen molar-refractivity contribution in [3.8, 4) is 0 Å². The minimum Gasteiger partial charge on any atom is -0.394 e. The summed E-state index contributed by atoms with van der Waals surface area (Å²) >= 11 is 0. The number of ether oxygens (including phenoxy) is 1. The Morgan fingerprint density at radius 3 is 2.38 bits per heavy atom. The number of fused-ring (bicyclic) bond motifs is 2. The molecule has 0 radical (unpaired) electrons. The number of likely N-dealkylation sites (tertiary alicyclic amines) is 1. The van der Waals surface area contributed by atoms with Crippen molar-refractivity contribution in [2.24, 2.45) is 17.8 Å². The molecule has 8 heteroatoms. The molecule has 2 fully saturated rings. The maximum absolute atomic E-state index is 14.3. The van der Waals surface area contributed by atoms with E-state index in [1.807, 2.05) is 82.3 Å². The summed E-state index contributed by atoms with van der Waals surface area (Å²) in [5, 5.41) is 10.3. The molecule has 1 spiro atoms. The van der Waals surface area contributed by atoms with Crippen LogP contribution in [0.1, 0.15) is 33.3 Å². The maximum Gasteiger partial charge on any atom is 0.249 e. The number of carbonyl (C=O) groups excluding carboxylic acids is 3. The van der Waals surface area contributed by atoms with Gasteiger partial charge in [0.05, 0.1) is 30.6 Å². The van der Waals surface area contributed by atoms with Gasteiger partial charge in [0, 0.05) is 25.7 Å². The van der Waals surface area contributed by atoms with Crippen LogP contribution < -0.4 is 0 Å². The molecule has 0 saturated carbocycles. The molecule has 198 valence electrons. The van der Waals surface area contributed by atoms with Gasteiger partial charge >= 0.3 is 0 Å². The number of aliphatic hydroxyl groups excluding tert-OH is 1. The highest BCUT2D eigenvalue weighted by atomic mass is 16.5. The number of amides is 3. The van der Waals surface area contributed by atoms with Crippen molar-refractivity contribution in [2.75, 3.05) is 19.7 Å². The first-order chi connectivity index (χ1) is 17.7. The monoisotopic (exact) mass is 507 g/mol. The van der Waals surface area contributed by atoms with Crippen LogP contribution in [-0.4, -0.2) is 87.1 Å². The molecule has 5 rings (SSSR count).